The summed E-state index contributed by atoms with van der Waals surface area (Å²) in [6.07, 6.45) is 0.953. The first-order valence-corrected chi connectivity index (χ1v) is 7.46. The van der Waals surface area contributed by atoms with Crippen molar-refractivity contribution < 1.29 is 50.9 Å². The van der Waals surface area contributed by atoms with E-state index in [1.54, 1.807) is 0 Å². The van der Waals surface area contributed by atoms with Gasteiger partial charge in [0.05, 0.1) is 10.1 Å². The van der Waals surface area contributed by atoms with Gasteiger partial charge in [0.1, 0.15) is 0 Å². The van der Waals surface area contributed by atoms with Crippen LogP contribution in [0.3, 0.4) is 0 Å². The third-order valence-electron chi connectivity index (χ3n) is 0.631. The first kappa shape index (κ1) is 15.7. The Balaban J connectivity index is 0. The van der Waals surface area contributed by atoms with Crippen LogP contribution in [0.2, 0.25) is 0 Å². The predicted octanol–water partition coefficient (Wildman–Crippen LogP) is -3.77. The maximum absolute atomic E-state index is 10.4. The molecule has 0 aromatic carbocycles. The Kier molecular flexibility index (Phi) is 7.63. The molecule has 0 N–H and O–H groups in total. The number of rotatable bonds is 4. The molecule has 0 saturated heterocycles. The summed E-state index contributed by atoms with van der Waals surface area (Å²) in [5.74, 6) is -0.852. The van der Waals surface area contributed by atoms with Gasteiger partial charge in [-0.3, -0.25) is 0 Å². The number of hydrogen-bond donors (Lipinski definition) is 0. The van der Waals surface area contributed by atoms with Crippen molar-refractivity contribution in [2.45, 2.75) is 0 Å². The van der Waals surface area contributed by atoms with Gasteiger partial charge in [-0.05, 0) is 10.8 Å². The molecule has 68 valence electrons. The largest absolute Gasteiger partial charge is 1.00 e. The number of hydrogen-bond acceptors (Lipinski definition) is 6. The molecule has 0 aliphatic heterocycles. The van der Waals surface area contributed by atoms with Gasteiger partial charge in [-0.2, -0.15) is 0 Å². The average molecular weight is 242 g/mol. The van der Waals surface area contributed by atoms with Crippen LogP contribution < -0.4 is 29.6 Å². The zero-order valence-electron chi connectivity index (χ0n) is 6.68. The minimum absolute atomic E-state index is 0. The van der Waals surface area contributed by atoms with Crippen molar-refractivity contribution in [1.82, 2.24) is 0 Å². The van der Waals surface area contributed by atoms with Gasteiger partial charge in [0.2, 0.25) is 0 Å². The maximum Gasteiger partial charge on any atom is 1.00 e. The van der Waals surface area contributed by atoms with Gasteiger partial charge in [0, 0.05) is 17.8 Å². The van der Waals surface area contributed by atoms with Gasteiger partial charge in [-0.25, -0.2) is 16.8 Å². The van der Waals surface area contributed by atoms with Gasteiger partial charge in [0.25, 0.3) is 0 Å². The van der Waals surface area contributed by atoms with Crippen LogP contribution in [-0.4, -0.2) is 39.1 Å². The second-order valence-electron chi connectivity index (χ2n) is 1.79. The van der Waals surface area contributed by atoms with E-state index in [4.69, 9.17) is 0 Å². The fourth-order valence-corrected chi connectivity index (χ4v) is 3.20. The zero-order valence-corrected chi connectivity index (χ0v) is 11.1. The Hall–Kier alpha value is 1.21. The molecule has 0 atom stereocenters. The van der Waals surface area contributed by atoms with Crippen molar-refractivity contribution in [1.29, 1.82) is 0 Å². The van der Waals surface area contributed by atoms with Crippen LogP contribution in [0.25, 0.3) is 0 Å². The van der Waals surface area contributed by atoms with E-state index in [0.29, 0.717) is 10.8 Å². The fourth-order valence-electron chi connectivity index (χ4n) is 0.287. The van der Waals surface area contributed by atoms with Crippen LogP contribution >= 0.6 is 10.8 Å². The van der Waals surface area contributed by atoms with E-state index in [0.717, 1.165) is 6.26 Å². The molecular formula is C3H7NaO5S3. The van der Waals surface area contributed by atoms with Crippen LogP contribution in [0, 0.1) is 0 Å². The van der Waals surface area contributed by atoms with E-state index in [9.17, 15) is 21.4 Å². The minimum Gasteiger partial charge on any atom is -0.748 e. The van der Waals surface area contributed by atoms with Gasteiger partial charge in [0.15, 0.2) is 8.87 Å². The molecule has 0 heterocycles. The molecule has 0 amide bonds. The molecule has 0 aromatic heterocycles. The topological polar surface area (TPSA) is 91.3 Å². The summed E-state index contributed by atoms with van der Waals surface area (Å²) >= 11 is 0. The van der Waals surface area contributed by atoms with Gasteiger partial charge < -0.3 is 4.55 Å². The summed E-state index contributed by atoms with van der Waals surface area (Å²) in [5, 5.41) is 0. The standard InChI is InChI=1S/C3H8O5S3.Na/c1-10(4,5)9-2-3-11(6,7)8;/h2-3H2,1H3,(H,6,7,8);/q;+1/p-1. The molecule has 5 nitrogen and oxygen atoms in total. The van der Waals surface area contributed by atoms with E-state index in [1.807, 2.05) is 0 Å². The molecule has 0 fully saturated rings. The van der Waals surface area contributed by atoms with Gasteiger partial charge >= 0.3 is 29.6 Å². The second kappa shape index (κ2) is 5.84. The van der Waals surface area contributed by atoms with Crippen molar-refractivity contribution in [3.63, 3.8) is 0 Å². The van der Waals surface area contributed by atoms with Crippen LogP contribution in [-0.2, 0) is 19.0 Å². The van der Waals surface area contributed by atoms with Crippen molar-refractivity contribution >= 4 is 29.8 Å². The van der Waals surface area contributed by atoms with E-state index >= 15 is 0 Å². The molecule has 0 radical (unpaired) electrons. The maximum atomic E-state index is 10.4. The SMILES string of the molecule is CS(=O)(=O)SCCS(=O)(=O)[O-].[Na+]. The van der Waals surface area contributed by atoms with Gasteiger partial charge in [-0.15, -0.1) is 0 Å². The molecule has 9 heteroatoms. The predicted molar refractivity (Wildman–Crippen MR) is 41.9 cm³/mol. The third-order valence-corrected chi connectivity index (χ3v) is 4.18. The van der Waals surface area contributed by atoms with Gasteiger partial charge in [-0.1, -0.05) is 0 Å². The van der Waals surface area contributed by atoms with Crippen LogP contribution in [0.1, 0.15) is 0 Å². The fraction of sp³-hybridized carbons (Fsp3) is 1.00. The average Bonchev–Trinajstić information content (AvgIpc) is 1.55. The Labute approximate surface area is 97.7 Å². The zero-order chi connectivity index (χ0) is 9.12. The molecule has 0 aliphatic rings. The molecule has 0 rings (SSSR count). The Morgan fingerprint density at radius 1 is 1.25 bits per heavy atom. The van der Waals surface area contributed by atoms with E-state index in [-0.39, 0.29) is 35.3 Å². The molecule has 0 bridgehead atoms. The smallest absolute Gasteiger partial charge is 0.748 e. The van der Waals surface area contributed by atoms with E-state index < -0.39 is 24.7 Å². The molecule has 0 aromatic rings. The van der Waals surface area contributed by atoms with Crippen molar-refractivity contribution in [2.24, 2.45) is 0 Å². The van der Waals surface area contributed by atoms with E-state index in [2.05, 4.69) is 0 Å². The summed E-state index contributed by atoms with van der Waals surface area (Å²) < 4.78 is 50.6. The molecule has 0 unspecified atom stereocenters. The minimum atomic E-state index is -4.28. The second-order valence-corrected chi connectivity index (χ2v) is 7.89. The monoisotopic (exact) mass is 242 g/mol. The van der Waals surface area contributed by atoms with Crippen molar-refractivity contribution in [3.05, 3.63) is 0 Å². The van der Waals surface area contributed by atoms with E-state index in [1.165, 1.54) is 0 Å². The molecule has 0 saturated carbocycles. The first-order chi connectivity index (χ1) is 4.71. The van der Waals surface area contributed by atoms with Crippen LogP contribution in [0.5, 0.6) is 0 Å². The van der Waals surface area contributed by atoms with Crippen LogP contribution in [0.4, 0.5) is 0 Å². The van der Waals surface area contributed by atoms with Crippen molar-refractivity contribution in [3.8, 4) is 0 Å². The summed E-state index contributed by atoms with van der Waals surface area (Å²) in [6.45, 7) is 0. The quantitative estimate of drug-likeness (QED) is 0.285. The summed E-state index contributed by atoms with van der Waals surface area (Å²) in [5.41, 5.74) is 0. The first-order valence-electron chi connectivity index (χ1n) is 2.49. The summed E-state index contributed by atoms with van der Waals surface area (Å²) in [4.78, 5) is 0. The molecule has 12 heavy (non-hydrogen) atoms. The Bertz CT molecular complexity index is 271. The third kappa shape index (κ3) is 13.8. The Morgan fingerprint density at radius 2 is 1.67 bits per heavy atom. The van der Waals surface area contributed by atoms with Crippen LogP contribution in [0.15, 0.2) is 0 Å². The molecule has 0 spiro atoms. The normalized spacial score (nSPS) is 12.2. The van der Waals surface area contributed by atoms with Crippen molar-refractivity contribution in [2.75, 3.05) is 17.8 Å². The summed E-state index contributed by atoms with van der Waals surface area (Å²) in [7, 11) is -7.06. The molecular weight excluding hydrogens is 235 g/mol. The molecule has 0 aliphatic carbocycles. The summed E-state index contributed by atoms with van der Waals surface area (Å²) in [6, 6.07) is 0. The Morgan fingerprint density at radius 3 is 1.92 bits per heavy atom.